The Kier molecular flexibility index (Phi) is 8.60. The van der Waals surface area contributed by atoms with Crippen molar-refractivity contribution in [2.45, 2.75) is 65.0 Å². The Balaban J connectivity index is 1.49. The highest BCUT2D eigenvalue weighted by Crippen LogP contribution is 2.48. The lowest BCUT2D eigenvalue weighted by molar-refractivity contribution is -0.142. The van der Waals surface area contributed by atoms with E-state index in [0.717, 1.165) is 78.9 Å². The van der Waals surface area contributed by atoms with Crippen LogP contribution in [-0.4, -0.2) is 41.2 Å². The van der Waals surface area contributed by atoms with Crippen molar-refractivity contribution < 1.29 is 19.4 Å². The van der Waals surface area contributed by atoms with E-state index in [1.807, 2.05) is 13.0 Å². The Labute approximate surface area is 242 Å². The zero-order valence-electron chi connectivity index (χ0n) is 24.4. The average Bonchev–Trinajstić information content (AvgIpc) is 3.84. The molecule has 1 fully saturated rings. The van der Waals surface area contributed by atoms with E-state index < -0.39 is 11.9 Å². The lowest BCUT2D eigenvalue weighted by Crippen LogP contribution is -2.23. The maximum atomic E-state index is 11.9. The maximum Gasteiger partial charge on any atom is 0.306 e. The van der Waals surface area contributed by atoms with Crippen molar-refractivity contribution in [2.75, 3.05) is 20.2 Å². The van der Waals surface area contributed by atoms with E-state index in [1.54, 1.807) is 13.3 Å². The molecule has 0 saturated heterocycles. The van der Waals surface area contributed by atoms with Gasteiger partial charge in [0.2, 0.25) is 5.88 Å². The third-order valence-corrected chi connectivity index (χ3v) is 8.77. The number of carboxylic acids is 1. The van der Waals surface area contributed by atoms with Crippen LogP contribution in [0.5, 0.6) is 11.6 Å². The number of aliphatic carboxylic acids is 1. The summed E-state index contributed by atoms with van der Waals surface area (Å²) < 4.78 is 12.0. The number of nitriles is 1. The first-order valence-electron chi connectivity index (χ1n) is 14.7. The number of rotatable bonds is 11. The summed E-state index contributed by atoms with van der Waals surface area (Å²) in [5.41, 5.74) is 6.78. The standard InChI is InChI=1S/C34H39N3O4/c1-5-37(6-2)20-26-15-24(11-13-28(26)29-17-32(40-4)36-19-27(29)18-35)30-14-12-22-7-10-25(16-31(22)41-30)33(23-8-9-23)21(3)34(38)39/h7,10-11,13,15-17,19,21,23,30,33H,5-6,8-9,12,14,20H2,1-4H3,(H,38,39)/t21-,30-,33?/m0/s1. The average molecular weight is 554 g/mol. The van der Waals surface area contributed by atoms with Gasteiger partial charge in [-0.25, -0.2) is 4.98 Å². The van der Waals surface area contributed by atoms with Gasteiger partial charge in [-0.3, -0.25) is 9.69 Å². The Morgan fingerprint density at radius 2 is 1.93 bits per heavy atom. The van der Waals surface area contributed by atoms with E-state index in [4.69, 9.17) is 9.47 Å². The number of hydrogen-bond donors (Lipinski definition) is 1. The first-order valence-corrected chi connectivity index (χ1v) is 14.7. The topological polar surface area (TPSA) is 95.7 Å². The predicted octanol–water partition coefficient (Wildman–Crippen LogP) is 6.75. The van der Waals surface area contributed by atoms with Crippen LogP contribution >= 0.6 is 0 Å². The molecule has 1 saturated carbocycles. The number of methoxy groups -OCH3 is 1. The third-order valence-electron chi connectivity index (χ3n) is 8.77. The van der Waals surface area contributed by atoms with Gasteiger partial charge in [-0.1, -0.05) is 51.1 Å². The third kappa shape index (κ3) is 6.08. The largest absolute Gasteiger partial charge is 0.485 e. The van der Waals surface area contributed by atoms with Crippen LogP contribution in [-0.2, 0) is 17.8 Å². The van der Waals surface area contributed by atoms with Gasteiger partial charge in [0.1, 0.15) is 17.9 Å². The van der Waals surface area contributed by atoms with Crippen LogP contribution in [0.1, 0.15) is 79.9 Å². The summed E-state index contributed by atoms with van der Waals surface area (Å²) in [4.78, 5) is 18.5. The summed E-state index contributed by atoms with van der Waals surface area (Å²) in [6, 6.07) is 16.9. The van der Waals surface area contributed by atoms with Crippen LogP contribution in [0, 0.1) is 23.2 Å². The fourth-order valence-electron chi connectivity index (χ4n) is 6.16. The molecule has 2 aliphatic rings. The molecule has 2 heterocycles. The van der Waals surface area contributed by atoms with Crippen LogP contribution in [0.3, 0.4) is 0 Å². The number of carbonyl (C=O) groups is 1. The van der Waals surface area contributed by atoms with Gasteiger partial charge in [-0.15, -0.1) is 0 Å². The van der Waals surface area contributed by atoms with Gasteiger partial charge in [-0.05, 0) is 84.5 Å². The van der Waals surface area contributed by atoms with Gasteiger partial charge in [-0.2, -0.15) is 5.26 Å². The SMILES string of the molecule is CCN(CC)Cc1cc([C@@H]2CCc3ccc(C(C4CC4)[C@H](C)C(=O)O)cc3O2)ccc1-c1cc(OC)ncc1C#N. The van der Waals surface area contributed by atoms with Crippen molar-refractivity contribution in [1.82, 2.24) is 9.88 Å². The lowest BCUT2D eigenvalue weighted by atomic mass is 9.82. The number of ether oxygens (including phenoxy) is 2. The Hall–Kier alpha value is -3.89. The predicted molar refractivity (Wildman–Crippen MR) is 158 cm³/mol. The molecule has 0 bridgehead atoms. The highest BCUT2D eigenvalue weighted by molar-refractivity contribution is 5.74. The quantitative estimate of drug-likeness (QED) is 0.281. The van der Waals surface area contributed by atoms with Gasteiger partial charge in [0, 0.05) is 24.4 Å². The molecule has 0 amide bonds. The molecule has 1 unspecified atom stereocenters. The molecule has 1 aromatic heterocycles. The molecule has 0 spiro atoms. The number of aromatic nitrogens is 1. The minimum atomic E-state index is -0.745. The minimum Gasteiger partial charge on any atom is -0.485 e. The number of nitrogens with zero attached hydrogens (tertiary/aromatic N) is 3. The van der Waals surface area contributed by atoms with Crippen LogP contribution in [0.25, 0.3) is 11.1 Å². The monoisotopic (exact) mass is 553 g/mol. The first kappa shape index (κ1) is 28.6. The molecule has 3 atom stereocenters. The van der Waals surface area contributed by atoms with Gasteiger partial charge in [0.15, 0.2) is 0 Å². The Morgan fingerprint density at radius 1 is 1.15 bits per heavy atom. The van der Waals surface area contributed by atoms with Crippen molar-refractivity contribution in [3.05, 3.63) is 76.5 Å². The smallest absolute Gasteiger partial charge is 0.306 e. The minimum absolute atomic E-state index is 0.00779. The van der Waals surface area contributed by atoms with Crippen LogP contribution in [0.2, 0.25) is 0 Å². The number of hydrogen-bond acceptors (Lipinski definition) is 6. The molecule has 0 radical (unpaired) electrons. The molecule has 3 aromatic rings. The number of pyridine rings is 1. The summed E-state index contributed by atoms with van der Waals surface area (Å²) in [7, 11) is 1.58. The van der Waals surface area contributed by atoms with E-state index in [1.165, 1.54) is 5.56 Å². The van der Waals surface area contributed by atoms with Gasteiger partial charge in [0.05, 0.1) is 18.6 Å². The van der Waals surface area contributed by atoms with E-state index in [2.05, 4.69) is 66.2 Å². The molecule has 41 heavy (non-hydrogen) atoms. The molecule has 1 aliphatic heterocycles. The second kappa shape index (κ2) is 12.3. The highest BCUT2D eigenvalue weighted by Gasteiger charge is 2.39. The van der Waals surface area contributed by atoms with E-state index in [0.29, 0.717) is 17.4 Å². The molecule has 1 aliphatic carbocycles. The van der Waals surface area contributed by atoms with Crippen molar-refractivity contribution in [3.63, 3.8) is 0 Å². The van der Waals surface area contributed by atoms with Crippen LogP contribution in [0.4, 0.5) is 0 Å². The molecule has 214 valence electrons. The number of fused-ring (bicyclic) bond motifs is 1. The van der Waals surface area contributed by atoms with Crippen LogP contribution in [0.15, 0.2) is 48.7 Å². The van der Waals surface area contributed by atoms with E-state index >= 15 is 0 Å². The molecular formula is C34H39N3O4. The zero-order chi connectivity index (χ0) is 29.1. The van der Waals surface area contributed by atoms with Gasteiger partial charge >= 0.3 is 5.97 Å². The van der Waals surface area contributed by atoms with Crippen LogP contribution < -0.4 is 9.47 Å². The number of benzene rings is 2. The van der Waals surface area contributed by atoms with Crippen molar-refractivity contribution in [1.29, 1.82) is 5.26 Å². The summed E-state index contributed by atoms with van der Waals surface area (Å²) in [6.07, 6.45) is 5.39. The van der Waals surface area contributed by atoms with E-state index in [9.17, 15) is 15.2 Å². The number of carboxylic acid groups (broad SMARTS) is 1. The lowest BCUT2D eigenvalue weighted by Gasteiger charge is -2.29. The molecule has 7 heteroatoms. The second-order valence-corrected chi connectivity index (χ2v) is 11.3. The summed E-state index contributed by atoms with van der Waals surface area (Å²) in [5.74, 6) is 0.599. The molecule has 7 nitrogen and oxygen atoms in total. The van der Waals surface area contributed by atoms with Gasteiger partial charge in [0.25, 0.3) is 0 Å². The fourth-order valence-corrected chi connectivity index (χ4v) is 6.16. The molecule has 5 rings (SSSR count). The fraction of sp³-hybridized carbons (Fsp3) is 0.441. The summed E-state index contributed by atoms with van der Waals surface area (Å²) in [6.45, 7) is 8.71. The molecular weight excluding hydrogens is 514 g/mol. The summed E-state index contributed by atoms with van der Waals surface area (Å²) in [5, 5.41) is 19.6. The second-order valence-electron chi connectivity index (χ2n) is 11.3. The number of aryl methyl sites for hydroxylation is 1. The highest BCUT2D eigenvalue weighted by atomic mass is 16.5. The Bertz CT molecular complexity index is 1450. The molecule has 2 aromatic carbocycles. The normalized spacial score (nSPS) is 17.7. The first-order chi connectivity index (χ1) is 19.9. The van der Waals surface area contributed by atoms with Gasteiger partial charge < -0.3 is 14.6 Å². The van der Waals surface area contributed by atoms with Crippen molar-refractivity contribution >= 4 is 5.97 Å². The zero-order valence-corrected chi connectivity index (χ0v) is 24.4. The van der Waals surface area contributed by atoms with Crippen molar-refractivity contribution in [2.24, 2.45) is 11.8 Å². The van der Waals surface area contributed by atoms with E-state index in [-0.39, 0.29) is 12.0 Å². The summed E-state index contributed by atoms with van der Waals surface area (Å²) >= 11 is 0. The van der Waals surface area contributed by atoms with Crippen molar-refractivity contribution in [3.8, 4) is 28.8 Å². The molecule has 1 N–H and O–H groups in total. The Morgan fingerprint density at radius 3 is 2.59 bits per heavy atom. The maximum absolute atomic E-state index is 11.9.